The fourth-order valence-electron chi connectivity index (χ4n) is 1.68. The Hall–Kier alpha value is -0.800. The summed E-state index contributed by atoms with van der Waals surface area (Å²) in [6, 6.07) is 3.82. The van der Waals surface area contributed by atoms with Crippen LogP contribution in [-0.2, 0) is 0 Å². The first-order valence-corrected chi connectivity index (χ1v) is 7.61. The van der Waals surface area contributed by atoms with Gasteiger partial charge >= 0.3 is 0 Å². The van der Waals surface area contributed by atoms with Crippen molar-refractivity contribution in [2.24, 2.45) is 5.92 Å². The zero-order valence-electron chi connectivity index (χ0n) is 11.0. The molecule has 0 atom stereocenters. The van der Waals surface area contributed by atoms with Gasteiger partial charge in [0.1, 0.15) is 11.3 Å². The lowest BCUT2D eigenvalue weighted by Gasteiger charge is -2.06. The number of halogens is 1. The third kappa shape index (κ3) is 3.15. The molecule has 0 amide bonds. The van der Waals surface area contributed by atoms with Crippen molar-refractivity contribution >= 4 is 33.2 Å². The lowest BCUT2D eigenvalue weighted by atomic mass is 10.3. The van der Waals surface area contributed by atoms with Crippen LogP contribution in [0.5, 0.6) is 5.75 Å². The zero-order valence-corrected chi connectivity index (χ0v) is 12.6. The Morgan fingerprint density at radius 3 is 2.78 bits per heavy atom. The minimum absolute atomic E-state index is 0.724. The molecular formula is C14H18ClNOS. The van der Waals surface area contributed by atoms with Crippen molar-refractivity contribution in [3.63, 3.8) is 0 Å². The standard InChI is InChI=1S/C12H12ClNOS.C2H6/c1-7-14-12-10(15-6-8-2-3-8)4-9(13)5-11(12)16-7;1-2/h4-5,8H,2-3,6H2,1H3;1-2H3. The van der Waals surface area contributed by atoms with Gasteiger partial charge in [-0.25, -0.2) is 4.98 Å². The Balaban J connectivity index is 0.000000574. The van der Waals surface area contributed by atoms with Crippen molar-refractivity contribution in [3.05, 3.63) is 22.2 Å². The van der Waals surface area contributed by atoms with Crippen LogP contribution in [0.2, 0.25) is 5.02 Å². The maximum absolute atomic E-state index is 6.06. The van der Waals surface area contributed by atoms with Gasteiger partial charge in [0, 0.05) is 11.1 Å². The minimum atomic E-state index is 0.724. The quantitative estimate of drug-likeness (QED) is 0.784. The van der Waals surface area contributed by atoms with Crippen LogP contribution < -0.4 is 4.74 Å². The largest absolute Gasteiger partial charge is 0.491 e. The first-order chi connectivity index (χ1) is 8.72. The number of aromatic nitrogens is 1. The third-order valence-electron chi connectivity index (χ3n) is 2.70. The van der Waals surface area contributed by atoms with Crippen LogP contribution in [0.1, 0.15) is 31.7 Å². The second-order valence-electron chi connectivity index (χ2n) is 4.24. The molecule has 4 heteroatoms. The number of fused-ring (bicyclic) bond motifs is 1. The van der Waals surface area contributed by atoms with E-state index in [1.807, 2.05) is 32.9 Å². The molecule has 0 bridgehead atoms. The Morgan fingerprint density at radius 2 is 2.11 bits per heavy atom. The molecule has 2 aromatic rings. The molecule has 3 rings (SSSR count). The van der Waals surface area contributed by atoms with E-state index < -0.39 is 0 Å². The minimum Gasteiger partial charge on any atom is -0.491 e. The number of aryl methyl sites for hydroxylation is 1. The van der Waals surface area contributed by atoms with E-state index in [9.17, 15) is 0 Å². The predicted octanol–water partition coefficient (Wildman–Crippen LogP) is 5.07. The number of ether oxygens (including phenoxy) is 1. The van der Waals surface area contributed by atoms with Gasteiger partial charge in [0.15, 0.2) is 0 Å². The van der Waals surface area contributed by atoms with E-state index in [0.717, 1.165) is 38.5 Å². The summed E-state index contributed by atoms with van der Waals surface area (Å²) >= 11 is 7.72. The first-order valence-electron chi connectivity index (χ1n) is 6.42. The lowest BCUT2D eigenvalue weighted by Crippen LogP contribution is -1.99. The Bertz CT molecular complexity index is 534. The fourth-order valence-corrected chi connectivity index (χ4v) is 2.84. The molecule has 0 spiro atoms. The van der Waals surface area contributed by atoms with E-state index in [4.69, 9.17) is 16.3 Å². The van der Waals surface area contributed by atoms with Crippen LogP contribution in [0.3, 0.4) is 0 Å². The van der Waals surface area contributed by atoms with Crippen LogP contribution in [0.4, 0.5) is 0 Å². The van der Waals surface area contributed by atoms with Crippen LogP contribution in [0.25, 0.3) is 10.2 Å². The van der Waals surface area contributed by atoms with Crippen molar-refractivity contribution in [3.8, 4) is 5.75 Å². The highest BCUT2D eigenvalue weighted by Crippen LogP contribution is 2.35. The van der Waals surface area contributed by atoms with Gasteiger partial charge in [-0.3, -0.25) is 0 Å². The third-order valence-corrected chi connectivity index (χ3v) is 3.84. The highest BCUT2D eigenvalue weighted by molar-refractivity contribution is 7.18. The van der Waals surface area contributed by atoms with Crippen molar-refractivity contribution in [1.82, 2.24) is 4.98 Å². The summed E-state index contributed by atoms with van der Waals surface area (Å²) in [5.74, 6) is 1.58. The maximum atomic E-state index is 6.06. The summed E-state index contributed by atoms with van der Waals surface area (Å²) in [4.78, 5) is 4.49. The van der Waals surface area contributed by atoms with Gasteiger partial charge in [-0.15, -0.1) is 11.3 Å². The number of thiazole rings is 1. The lowest BCUT2D eigenvalue weighted by molar-refractivity contribution is 0.303. The van der Waals surface area contributed by atoms with Crippen molar-refractivity contribution in [1.29, 1.82) is 0 Å². The van der Waals surface area contributed by atoms with Crippen LogP contribution in [0.15, 0.2) is 12.1 Å². The molecule has 0 N–H and O–H groups in total. The van der Waals surface area contributed by atoms with Crippen LogP contribution in [0, 0.1) is 12.8 Å². The molecule has 1 aliphatic carbocycles. The van der Waals surface area contributed by atoms with Crippen molar-refractivity contribution in [2.75, 3.05) is 6.61 Å². The summed E-state index contributed by atoms with van der Waals surface area (Å²) in [5.41, 5.74) is 0.951. The van der Waals surface area contributed by atoms with E-state index in [1.54, 1.807) is 11.3 Å². The maximum Gasteiger partial charge on any atom is 0.147 e. The molecule has 0 saturated heterocycles. The molecule has 1 aromatic carbocycles. The van der Waals surface area contributed by atoms with Gasteiger partial charge in [0.2, 0.25) is 0 Å². The summed E-state index contributed by atoms with van der Waals surface area (Å²) in [7, 11) is 0. The van der Waals surface area contributed by atoms with E-state index >= 15 is 0 Å². The van der Waals surface area contributed by atoms with Gasteiger partial charge in [0.25, 0.3) is 0 Å². The van der Waals surface area contributed by atoms with Crippen molar-refractivity contribution in [2.45, 2.75) is 33.6 Å². The second-order valence-corrected chi connectivity index (χ2v) is 5.91. The molecule has 0 radical (unpaired) electrons. The SMILES string of the molecule is CC.Cc1nc2c(OCC3CC3)cc(Cl)cc2s1. The number of rotatable bonds is 3. The van der Waals surface area contributed by atoms with Crippen LogP contribution in [-0.4, -0.2) is 11.6 Å². The van der Waals surface area contributed by atoms with E-state index in [2.05, 4.69) is 4.98 Å². The molecule has 98 valence electrons. The average Bonchev–Trinajstić information content (AvgIpc) is 3.10. The second kappa shape index (κ2) is 5.89. The smallest absolute Gasteiger partial charge is 0.147 e. The highest BCUT2D eigenvalue weighted by atomic mass is 35.5. The highest BCUT2D eigenvalue weighted by Gasteiger charge is 2.22. The van der Waals surface area contributed by atoms with Gasteiger partial charge in [-0.05, 0) is 31.7 Å². The summed E-state index contributed by atoms with van der Waals surface area (Å²) in [6.07, 6.45) is 2.58. The number of hydrogen-bond donors (Lipinski definition) is 0. The van der Waals surface area contributed by atoms with Crippen LogP contribution >= 0.6 is 22.9 Å². The van der Waals surface area contributed by atoms with E-state index in [1.165, 1.54) is 12.8 Å². The van der Waals surface area contributed by atoms with Gasteiger partial charge in [-0.1, -0.05) is 25.4 Å². The average molecular weight is 284 g/mol. The zero-order chi connectivity index (χ0) is 13.1. The molecule has 0 unspecified atom stereocenters. The molecular weight excluding hydrogens is 266 g/mol. The van der Waals surface area contributed by atoms with E-state index in [-0.39, 0.29) is 0 Å². The van der Waals surface area contributed by atoms with Gasteiger partial charge < -0.3 is 4.74 Å². The van der Waals surface area contributed by atoms with Gasteiger partial charge in [0.05, 0.1) is 16.3 Å². The monoisotopic (exact) mass is 283 g/mol. The topological polar surface area (TPSA) is 22.1 Å². The summed E-state index contributed by atoms with van der Waals surface area (Å²) in [6.45, 7) is 6.80. The Labute approximate surface area is 117 Å². The molecule has 1 aromatic heterocycles. The summed E-state index contributed by atoms with van der Waals surface area (Å²) < 4.78 is 6.90. The van der Waals surface area contributed by atoms with E-state index in [0.29, 0.717) is 0 Å². The molecule has 1 aliphatic rings. The number of nitrogens with zero attached hydrogens (tertiary/aromatic N) is 1. The normalized spacial score (nSPS) is 14.2. The molecule has 18 heavy (non-hydrogen) atoms. The fraction of sp³-hybridized carbons (Fsp3) is 0.500. The number of hydrogen-bond acceptors (Lipinski definition) is 3. The molecule has 2 nitrogen and oxygen atoms in total. The molecule has 1 saturated carbocycles. The molecule has 0 aliphatic heterocycles. The van der Waals surface area contributed by atoms with Gasteiger partial charge in [-0.2, -0.15) is 0 Å². The first kappa shape index (κ1) is 13.6. The Kier molecular flexibility index (Phi) is 4.46. The Morgan fingerprint density at radius 1 is 1.39 bits per heavy atom. The molecule has 1 heterocycles. The summed E-state index contributed by atoms with van der Waals surface area (Å²) in [5, 5.41) is 1.77. The van der Waals surface area contributed by atoms with Crippen molar-refractivity contribution < 1.29 is 4.74 Å². The number of benzene rings is 1. The molecule has 1 fully saturated rings. The predicted molar refractivity (Wildman–Crippen MR) is 78.9 cm³/mol.